The van der Waals surface area contributed by atoms with Crippen LogP contribution in [0.15, 0.2) is 23.2 Å². The first-order valence-corrected chi connectivity index (χ1v) is 7.28. The van der Waals surface area contributed by atoms with Crippen LogP contribution >= 0.6 is 24.0 Å². The molecule has 0 saturated carbocycles. The van der Waals surface area contributed by atoms with Crippen LogP contribution in [0.1, 0.15) is 18.5 Å². The van der Waals surface area contributed by atoms with E-state index in [2.05, 4.69) is 0 Å². The van der Waals surface area contributed by atoms with Crippen LogP contribution in [0, 0.1) is 0 Å². The molecule has 1 aliphatic heterocycles. The van der Waals surface area contributed by atoms with Crippen molar-refractivity contribution in [3.05, 3.63) is 28.9 Å². The van der Waals surface area contributed by atoms with Crippen molar-refractivity contribution in [2.24, 2.45) is 7.05 Å². The minimum Gasteiger partial charge on any atom is -0.550 e. The molecule has 1 fully saturated rings. The Morgan fingerprint density at radius 1 is 1.55 bits per heavy atom. The van der Waals surface area contributed by atoms with E-state index in [1.54, 1.807) is 6.08 Å². The molecule has 0 bridgehead atoms. The van der Waals surface area contributed by atoms with Gasteiger partial charge in [-0.3, -0.25) is 9.69 Å². The summed E-state index contributed by atoms with van der Waals surface area (Å²) in [5.41, 5.74) is 0.917. The number of thiocarbonyl (C=S) groups is 1. The lowest BCUT2D eigenvalue weighted by Gasteiger charge is -2.14. The summed E-state index contributed by atoms with van der Waals surface area (Å²) in [6, 6.07) is 3.80. The van der Waals surface area contributed by atoms with E-state index in [4.69, 9.17) is 12.2 Å². The number of carboxylic acid groups (broad SMARTS) is 1. The predicted molar refractivity (Wildman–Crippen MR) is 79.5 cm³/mol. The molecule has 5 nitrogen and oxygen atoms in total. The van der Waals surface area contributed by atoms with E-state index in [0.29, 0.717) is 22.2 Å². The fraction of sp³-hybridized carbons (Fsp3) is 0.308. The van der Waals surface area contributed by atoms with Crippen molar-refractivity contribution in [3.8, 4) is 0 Å². The summed E-state index contributed by atoms with van der Waals surface area (Å²) in [7, 11) is 1.90. The monoisotopic (exact) mass is 309 g/mol. The van der Waals surface area contributed by atoms with Crippen LogP contribution in [0.3, 0.4) is 0 Å². The number of aliphatic carboxylic acids is 1. The van der Waals surface area contributed by atoms with Crippen molar-refractivity contribution < 1.29 is 14.7 Å². The second kappa shape index (κ2) is 6.23. The number of carbonyl (C=O) groups is 2. The number of nitrogens with zero attached hydrogens (tertiary/aromatic N) is 2. The van der Waals surface area contributed by atoms with E-state index >= 15 is 0 Å². The van der Waals surface area contributed by atoms with Crippen molar-refractivity contribution >= 4 is 46.3 Å². The summed E-state index contributed by atoms with van der Waals surface area (Å²) in [4.78, 5) is 24.6. The van der Waals surface area contributed by atoms with Crippen LogP contribution < -0.4 is 5.11 Å². The van der Waals surface area contributed by atoms with E-state index in [1.807, 2.05) is 29.9 Å². The van der Waals surface area contributed by atoms with Crippen LogP contribution in [0.4, 0.5) is 0 Å². The highest BCUT2D eigenvalue weighted by atomic mass is 32.2. The Morgan fingerprint density at radius 2 is 2.30 bits per heavy atom. The third-order valence-electron chi connectivity index (χ3n) is 2.90. The molecule has 0 spiro atoms. The first-order chi connectivity index (χ1) is 9.49. The van der Waals surface area contributed by atoms with Gasteiger partial charge in [0.2, 0.25) is 0 Å². The van der Waals surface area contributed by atoms with Gasteiger partial charge in [0.1, 0.15) is 4.32 Å². The van der Waals surface area contributed by atoms with Gasteiger partial charge in [0, 0.05) is 31.5 Å². The molecular weight excluding hydrogens is 296 g/mol. The number of hydrogen-bond acceptors (Lipinski definition) is 5. The van der Waals surface area contributed by atoms with Gasteiger partial charge >= 0.3 is 0 Å². The van der Waals surface area contributed by atoms with Gasteiger partial charge in [-0.2, -0.15) is 0 Å². The molecule has 2 rings (SSSR count). The van der Waals surface area contributed by atoms with E-state index < -0.39 is 5.97 Å². The SMILES string of the molecule is Cn1cccc1/C=C1\SC(=S)N(CCCC(=O)[O-])C1=O. The molecule has 0 atom stereocenters. The minimum absolute atomic E-state index is 0.0755. The molecule has 0 aliphatic carbocycles. The molecule has 0 unspecified atom stereocenters. The quantitative estimate of drug-likeness (QED) is 0.593. The Morgan fingerprint density at radius 3 is 2.90 bits per heavy atom. The van der Waals surface area contributed by atoms with Crippen LogP contribution in [0.5, 0.6) is 0 Å². The number of amides is 1. The average molecular weight is 309 g/mol. The normalized spacial score (nSPS) is 17.2. The average Bonchev–Trinajstić information content (AvgIpc) is 2.88. The number of hydrogen-bond donors (Lipinski definition) is 0. The summed E-state index contributed by atoms with van der Waals surface area (Å²) in [5, 5.41) is 10.4. The number of aryl methyl sites for hydroxylation is 1. The number of carbonyl (C=O) groups excluding carboxylic acids is 2. The van der Waals surface area contributed by atoms with Crippen LogP contribution in [-0.4, -0.2) is 32.2 Å². The largest absolute Gasteiger partial charge is 0.550 e. The molecule has 1 aromatic rings. The molecule has 0 aromatic carbocycles. The van der Waals surface area contributed by atoms with Gasteiger partial charge in [-0.25, -0.2) is 0 Å². The Hall–Kier alpha value is -1.60. The zero-order valence-corrected chi connectivity index (χ0v) is 12.5. The molecule has 1 aliphatic rings. The molecular formula is C13H13N2O3S2-. The van der Waals surface area contributed by atoms with Gasteiger partial charge in [0.05, 0.1) is 4.91 Å². The Balaban J connectivity index is 2.07. The van der Waals surface area contributed by atoms with E-state index in [0.717, 1.165) is 5.69 Å². The first-order valence-electron chi connectivity index (χ1n) is 6.05. The lowest BCUT2D eigenvalue weighted by atomic mass is 10.3. The highest BCUT2D eigenvalue weighted by Crippen LogP contribution is 2.32. The van der Waals surface area contributed by atoms with Crippen molar-refractivity contribution in [3.63, 3.8) is 0 Å². The number of rotatable bonds is 5. The summed E-state index contributed by atoms with van der Waals surface area (Å²) in [6.07, 6.45) is 3.95. The standard InChI is InChI=1S/C13H14N2O3S2/c1-14-6-2-4-9(14)8-10-12(18)15(13(19)20-10)7-3-5-11(16)17/h2,4,6,8H,3,5,7H2,1H3,(H,16,17)/p-1/b10-8-. The number of aromatic nitrogens is 1. The van der Waals surface area contributed by atoms with E-state index in [-0.39, 0.29) is 12.3 Å². The fourth-order valence-corrected chi connectivity index (χ4v) is 3.13. The van der Waals surface area contributed by atoms with Gasteiger partial charge in [-0.05, 0) is 31.1 Å². The zero-order valence-electron chi connectivity index (χ0n) is 10.9. The second-order valence-electron chi connectivity index (χ2n) is 4.35. The topological polar surface area (TPSA) is 65.4 Å². The van der Waals surface area contributed by atoms with Gasteiger partial charge < -0.3 is 14.5 Å². The van der Waals surface area contributed by atoms with Gasteiger partial charge in [-0.1, -0.05) is 24.0 Å². The van der Waals surface area contributed by atoms with Gasteiger partial charge in [-0.15, -0.1) is 0 Å². The van der Waals surface area contributed by atoms with Crippen molar-refractivity contribution in [2.75, 3.05) is 6.54 Å². The molecule has 1 amide bonds. The molecule has 1 aromatic heterocycles. The summed E-state index contributed by atoms with van der Waals surface area (Å²) in [5.74, 6) is -1.28. The molecule has 1 saturated heterocycles. The van der Waals surface area contributed by atoms with E-state index in [9.17, 15) is 14.7 Å². The van der Waals surface area contributed by atoms with Crippen molar-refractivity contribution in [1.29, 1.82) is 0 Å². The fourth-order valence-electron chi connectivity index (χ4n) is 1.83. The maximum Gasteiger partial charge on any atom is 0.266 e. The predicted octanol–water partition coefficient (Wildman–Crippen LogP) is 0.756. The highest BCUT2D eigenvalue weighted by molar-refractivity contribution is 8.26. The zero-order chi connectivity index (χ0) is 14.7. The molecule has 20 heavy (non-hydrogen) atoms. The van der Waals surface area contributed by atoms with Crippen LogP contribution in [0.25, 0.3) is 6.08 Å². The number of thioether (sulfide) groups is 1. The van der Waals surface area contributed by atoms with Gasteiger partial charge in [0.15, 0.2) is 0 Å². The second-order valence-corrected chi connectivity index (χ2v) is 6.03. The third-order valence-corrected chi connectivity index (χ3v) is 4.28. The van der Waals surface area contributed by atoms with Crippen LogP contribution in [-0.2, 0) is 16.6 Å². The summed E-state index contributed by atoms with van der Waals surface area (Å²) in [6.45, 7) is 0.309. The molecule has 106 valence electrons. The molecule has 2 heterocycles. The Kier molecular flexibility index (Phi) is 4.61. The summed E-state index contributed by atoms with van der Waals surface area (Å²) >= 11 is 6.40. The maximum absolute atomic E-state index is 12.2. The van der Waals surface area contributed by atoms with E-state index in [1.165, 1.54) is 16.7 Å². The smallest absolute Gasteiger partial charge is 0.266 e. The highest BCUT2D eigenvalue weighted by Gasteiger charge is 2.31. The Bertz CT molecular complexity index is 592. The first kappa shape index (κ1) is 14.8. The lowest BCUT2D eigenvalue weighted by Crippen LogP contribution is -2.30. The van der Waals surface area contributed by atoms with Crippen LogP contribution in [0.2, 0.25) is 0 Å². The summed E-state index contributed by atoms with van der Waals surface area (Å²) < 4.78 is 2.37. The minimum atomic E-state index is -1.12. The number of carboxylic acids is 1. The molecule has 0 radical (unpaired) electrons. The molecule has 0 N–H and O–H groups in total. The lowest BCUT2D eigenvalue weighted by molar-refractivity contribution is -0.305. The Labute approximate surface area is 126 Å². The third kappa shape index (κ3) is 3.29. The molecule has 7 heteroatoms. The van der Waals surface area contributed by atoms with Gasteiger partial charge in [0.25, 0.3) is 5.91 Å². The van der Waals surface area contributed by atoms with Crippen molar-refractivity contribution in [2.45, 2.75) is 12.8 Å². The maximum atomic E-state index is 12.2. The van der Waals surface area contributed by atoms with Crippen molar-refractivity contribution in [1.82, 2.24) is 9.47 Å².